The average Bonchev–Trinajstić information content (AvgIpc) is 3.05. The van der Waals surface area contributed by atoms with Crippen molar-refractivity contribution in [2.24, 2.45) is 0 Å². The van der Waals surface area contributed by atoms with Crippen molar-refractivity contribution in [2.45, 2.75) is 20.2 Å². The number of benzene rings is 3. The lowest BCUT2D eigenvalue weighted by Gasteiger charge is -2.13. The Morgan fingerprint density at radius 3 is 2.09 bits per heavy atom. The summed E-state index contributed by atoms with van der Waals surface area (Å²) in [7, 11) is 0. The third-order valence-corrected chi connectivity index (χ3v) is 4.96. The molecule has 4 rings (SSSR count). The van der Waals surface area contributed by atoms with Crippen molar-refractivity contribution >= 4 is 11.4 Å². The van der Waals surface area contributed by atoms with Gasteiger partial charge >= 0.3 is 6.36 Å². The molecule has 164 valence electrons. The van der Waals surface area contributed by atoms with Gasteiger partial charge in [-0.25, -0.2) is 0 Å². The molecule has 3 aromatic carbocycles. The van der Waals surface area contributed by atoms with E-state index < -0.39 is 6.36 Å². The number of nitrogens with zero attached hydrogens (tertiary/aromatic N) is 1. The fourth-order valence-electron chi connectivity index (χ4n) is 3.40. The topological polar surface area (TPSA) is 46.4 Å². The molecule has 0 atom stereocenters. The molecule has 2 N–H and O–H groups in total. The van der Waals surface area contributed by atoms with E-state index in [1.54, 1.807) is 16.7 Å². The van der Waals surface area contributed by atoms with Crippen LogP contribution in [0.1, 0.15) is 11.1 Å². The third kappa shape index (κ3) is 4.72. The number of alkyl halides is 3. The maximum absolute atomic E-state index is 12.7. The summed E-state index contributed by atoms with van der Waals surface area (Å²) in [6, 6.07) is 22.5. The molecule has 0 fully saturated rings. The lowest BCUT2D eigenvalue weighted by molar-refractivity contribution is -0.274. The van der Waals surface area contributed by atoms with E-state index in [0.29, 0.717) is 22.6 Å². The van der Waals surface area contributed by atoms with Crippen LogP contribution in [0.3, 0.4) is 0 Å². The Bertz CT molecular complexity index is 1230. The Morgan fingerprint density at radius 2 is 1.47 bits per heavy atom. The van der Waals surface area contributed by atoms with E-state index in [1.807, 2.05) is 62.4 Å². The SMILES string of the molecule is Cc1ccc(Nc2cc(-c3cccc(OC(F)(F)F)c3)n(-c3ccc(C)cc3)c2O)cc1. The lowest BCUT2D eigenvalue weighted by atomic mass is 10.1. The smallest absolute Gasteiger partial charge is 0.493 e. The molecule has 0 radical (unpaired) electrons. The van der Waals surface area contributed by atoms with Crippen LogP contribution >= 0.6 is 0 Å². The number of anilines is 2. The third-order valence-electron chi connectivity index (χ3n) is 4.96. The Hall–Kier alpha value is -3.87. The van der Waals surface area contributed by atoms with Crippen LogP contribution in [0, 0.1) is 13.8 Å². The molecular formula is C25H21F3N2O2. The van der Waals surface area contributed by atoms with Crippen molar-refractivity contribution in [2.75, 3.05) is 5.32 Å². The summed E-state index contributed by atoms with van der Waals surface area (Å²) in [6.07, 6.45) is -4.79. The standard InChI is InChI=1S/C25H21F3N2O2/c1-16-6-10-19(11-7-16)29-22-15-23(18-4-3-5-21(14-18)32-25(26,27)28)30(24(22)31)20-12-8-17(2)9-13-20/h3-15,29,31H,1-2H3. The van der Waals surface area contributed by atoms with Gasteiger partial charge in [0.1, 0.15) is 11.4 Å². The molecule has 7 heteroatoms. The Kier molecular flexibility index (Phi) is 5.57. The van der Waals surface area contributed by atoms with Gasteiger partial charge in [0.15, 0.2) is 0 Å². The van der Waals surface area contributed by atoms with Gasteiger partial charge in [0.2, 0.25) is 5.88 Å². The minimum Gasteiger partial charge on any atom is -0.493 e. The zero-order valence-electron chi connectivity index (χ0n) is 17.4. The van der Waals surface area contributed by atoms with Gasteiger partial charge in [-0.3, -0.25) is 4.57 Å². The van der Waals surface area contributed by atoms with Crippen LogP contribution in [0.2, 0.25) is 0 Å². The number of halogens is 3. The van der Waals surface area contributed by atoms with Gasteiger partial charge < -0.3 is 15.2 Å². The van der Waals surface area contributed by atoms with E-state index in [-0.39, 0.29) is 11.6 Å². The van der Waals surface area contributed by atoms with E-state index >= 15 is 0 Å². The fraction of sp³-hybridized carbons (Fsp3) is 0.120. The van der Waals surface area contributed by atoms with Crippen LogP contribution in [0.4, 0.5) is 24.5 Å². The first-order valence-electron chi connectivity index (χ1n) is 9.91. The maximum atomic E-state index is 12.7. The zero-order chi connectivity index (χ0) is 22.9. The van der Waals surface area contributed by atoms with Crippen molar-refractivity contribution in [3.63, 3.8) is 0 Å². The predicted molar refractivity (Wildman–Crippen MR) is 119 cm³/mol. The number of hydrogen-bond acceptors (Lipinski definition) is 3. The highest BCUT2D eigenvalue weighted by atomic mass is 19.4. The molecule has 0 saturated carbocycles. The maximum Gasteiger partial charge on any atom is 0.573 e. The van der Waals surface area contributed by atoms with E-state index in [4.69, 9.17) is 0 Å². The monoisotopic (exact) mass is 438 g/mol. The molecule has 0 aliphatic heterocycles. The van der Waals surface area contributed by atoms with Crippen molar-refractivity contribution in [3.05, 3.63) is 90.0 Å². The number of rotatable bonds is 5. The fourth-order valence-corrected chi connectivity index (χ4v) is 3.40. The first kappa shape index (κ1) is 21.4. The molecule has 0 spiro atoms. The Morgan fingerprint density at radius 1 is 0.844 bits per heavy atom. The highest BCUT2D eigenvalue weighted by molar-refractivity contribution is 5.77. The molecule has 0 amide bonds. The van der Waals surface area contributed by atoms with Gasteiger partial charge in [-0.15, -0.1) is 13.2 Å². The molecule has 0 unspecified atom stereocenters. The van der Waals surface area contributed by atoms with Gasteiger partial charge in [0, 0.05) is 16.9 Å². The van der Waals surface area contributed by atoms with Crippen LogP contribution in [0.5, 0.6) is 11.6 Å². The largest absolute Gasteiger partial charge is 0.573 e. The Balaban J connectivity index is 1.82. The molecule has 1 heterocycles. The summed E-state index contributed by atoms with van der Waals surface area (Å²) >= 11 is 0. The Labute approximate surface area is 183 Å². The highest BCUT2D eigenvalue weighted by Crippen LogP contribution is 2.39. The molecule has 0 aliphatic rings. The second kappa shape index (κ2) is 8.34. The average molecular weight is 438 g/mol. The van der Waals surface area contributed by atoms with E-state index in [0.717, 1.165) is 16.8 Å². The lowest BCUT2D eigenvalue weighted by Crippen LogP contribution is -2.17. The summed E-state index contributed by atoms with van der Waals surface area (Å²) in [5.74, 6) is -0.397. The number of nitrogens with one attached hydrogen (secondary N) is 1. The van der Waals surface area contributed by atoms with Gasteiger partial charge in [0.25, 0.3) is 0 Å². The van der Waals surface area contributed by atoms with Gasteiger partial charge in [-0.05, 0) is 56.3 Å². The van der Waals surface area contributed by atoms with Crippen LogP contribution in [-0.2, 0) is 0 Å². The molecule has 1 aromatic heterocycles. The van der Waals surface area contributed by atoms with Gasteiger partial charge in [-0.1, -0.05) is 47.5 Å². The van der Waals surface area contributed by atoms with Gasteiger partial charge in [0.05, 0.1) is 5.69 Å². The molecule has 0 bridgehead atoms. The molecule has 4 nitrogen and oxygen atoms in total. The van der Waals surface area contributed by atoms with Crippen molar-refractivity contribution < 1.29 is 23.0 Å². The minimum atomic E-state index is -4.79. The first-order chi connectivity index (χ1) is 15.2. The second-order valence-corrected chi connectivity index (χ2v) is 7.50. The predicted octanol–water partition coefficient (Wildman–Crippen LogP) is 7.11. The normalized spacial score (nSPS) is 11.4. The summed E-state index contributed by atoms with van der Waals surface area (Å²) in [4.78, 5) is 0. The van der Waals surface area contributed by atoms with Crippen molar-refractivity contribution in [1.29, 1.82) is 0 Å². The summed E-state index contributed by atoms with van der Waals surface area (Å²) < 4.78 is 43.8. The number of aromatic nitrogens is 1. The molecule has 4 aromatic rings. The molecular weight excluding hydrogens is 417 g/mol. The van der Waals surface area contributed by atoms with Gasteiger partial charge in [-0.2, -0.15) is 0 Å². The van der Waals surface area contributed by atoms with Crippen LogP contribution in [0.15, 0.2) is 78.9 Å². The number of aryl methyl sites for hydroxylation is 2. The van der Waals surface area contributed by atoms with Crippen molar-refractivity contribution in [1.82, 2.24) is 4.57 Å². The quantitative estimate of drug-likeness (QED) is 0.349. The summed E-state index contributed by atoms with van der Waals surface area (Å²) in [5.41, 5.74) is 4.97. The minimum absolute atomic E-state index is 0.0634. The number of hydrogen-bond donors (Lipinski definition) is 2. The van der Waals surface area contributed by atoms with E-state index in [9.17, 15) is 18.3 Å². The second-order valence-electron chi connectivity index (χ2n) is 7.50. The zero-order valence-corrected chi connectivity index (χ0v) is 17.4. The number of ether oxygens (including phenoxy) is 1. The molecule has 0 saturated heterocycles. The number of aromatic hydroxyl groups is 1. The van der Waals surface area contributed by atoms with Crippen LogP contribution < -0.4 is 10.1 Å². The molecule has 32 heavy (non-hydrogen) atoms. The van der Waals surface area contributed by atoms with E-state index in [1.165, 1.54) is 18.2 Å². The highest BCUT2D eigenvalue weighted by Gasteiger charge is 2.31. The van der Waals surface area contributed by atoms with Crippen LogP contribution in [-0.4, -0.2) is 16.0 Å². The first-order valence-corrected chi connectivity index (χ1v) is 9.91. The summed E-state index contributed by atoms with van der Waals surface area (Å²) in [5, 5.41) is 14.2. The van der Waals surface area contributed by atoms with Crippen molar-refractivity contribution in [3.8, 4) is 28.6 Å². The molecule has 0 aliphatic carbocycles. The van der Waals surface area contributed by atoms with Crippen LogP contribution in [0.25, 0.3) is 16.9 Å². The summed E-state index contributed by atoms with van der Waals surface area (Å²) in [6.45, 7) is 3.92. The van der Waals surface area contributed by atoms with E-state index in [2.05, 4.69) is 10.1 Å².